The molecule has 0 amide bonds. The minimum atomic E-state index is -0.196. The number of rotatable bonds is 2. The molecule has 5 heteroatoms. The van der Waals surface area contributed by atoms with Crippen LogP contribution in [0.15, 0.2) is 15.5 Å². The molecule has 2 N–H and O–H groups in total. The normalized spacial score (nSPS) is 25.7. The molecule has 2 unspecified atom stereocenters. The summed E-state index contributed by atoms with van der Waals surface area (Å²) in [4.78, 5) is 11.1. The minimum absolute atomic E-state index is 0.196. The lowest BCUT2D eigenvalue weighted by Crippen LogP contribution is -2.13. The van der Waals surface area contributed by atoms with Crippen LogP contribution in [0.5, 0.6) is 0 Å². The highest BCUT2D eigenvalue weighted by Crippen LogP contribution is 2.33. The molecular weight excluding hydrogens is 234 g/mol. The topological polar surface area (TPSA) is 57.8 Å². The summed E-state index contributed by atoms with van der Waals surface area (Å²) in [5, 5.41) is 9.32. The van der Waals surface area contributed by atoms with Gasteiger partial charge in [0.2, 0.25) is 0 Å². The standard InChI is InChI=1S/C8H10BrN3O/c1-4-2-5(4)11-6-3-10-12-8(13)7(6)9/h3-5H,2H2,1H3,(H2,11,12,13). The Balaban J connectivity index is 2.20. The van der Waals surface area contributed by atoms with E-state index in [1.807, 2.05) is 0 Å². The average Bonchev–Trinajstić information content (AvgIpc) is 2.77. The van der Waals surface area contributed by atoms with E-state index in [0.717, 1.165) is 5.69 Å². The van der Waals surface area contributed by atoms with Crippen molar-refractivity contribution in [2.24, 2.45) is 5.92 Å². The monoisotopic (exact) mass is 243 g/mol. The fourth-order valence-corrected chi connectivity index (χ4v) is 1.51. The Morgan fingerprint density at radius 3 is 3.08 bits per heavy atom. The molecule has 13 heavy (non-hydrogen) atoms. The fraction of sp³-hybridized carbons (Fsp3) is 0.500. The predicted molar refractivity (Wildman–Crippen MR) is 53.7 cm³/mol. The zero-order valence-corrected chi connectivity index (χ0v) is 8.76. The number of aromatic amines is 1. The van der Waals surface area contributed by atoms with Crippen molar-refractivity contribution in [2.75, 3.05) is 5.32 Å². The van der Waals surface area contributed by atoms with Gasteiger partial charge in [-0.15, -0.1) is 0 Å². The van der Waals surface area contributed by atoms with E-state index < -0.39 is 0 Å². The molecule has 1 aromatic heterocycles. The molecule has 2 atom stereocenters. The lowest BCUT2D eigenvalue weighted by Gasteiger charge is -2.04. The fourth-order valence-electron chi connectivity index (χ4n) is 1.21. The summed E-state index contributed by atoms with van der Waals surface area (Å²) in [6, 6.07) is 0.500. The van der Waals surface area contributed by atoms with Crippen molar-refractivity contribution in [3.63, 3.8) is 0 Å². The average molecular weight is 244 g/mol. The minimum Gasteiger partial charge on any atom is -0.380 e. The summed E-state index contributed by atoms with van der Waals surface area (Å²) in [5.74, 6) is 0.700. The molecule has 0 radical (unpaired) electrons. The molecule has 1 fully saturated rings. The highest BCUT2D eigenvalue weighted by Gasteiger charge is 2.32. The number of hydrogen-bond acceptors (Lipinski definition) is 3. The van der Waals surface area contributed by atoms with E-state index in [9.17, 15) is 4.79 Å². The van der Waals surface area contributed by atoms with Crippen LogP contribution < -0.4 is 10.9 Å². The van der Waals surface area contributed by atoms with E-state index in [-0.39, 0.29) is 5.56 Å². The first-order valence-electron chi connectivity index (χ1n) is 4.18. The predicted octanol–water partition coefficient (Wildman–Crippen LogP) is 1.35. The largest absolute Gasteiger partial charge is 0.380 e. The molecule has 2 rings (SSSR count). The summed E-state index contributed by atoms with van der Waals surface area (Å²) in [6.07, 6.45) is 2.79. The third kappa shape index (κ3) is 1.75. The van der Waals surface area contributed by atoms with Gasteiger partial charge in [0.25, 0.3) is 5.56 Å². The van der Waals surface area contributed by atoms with Crippen molar-refractivity contribution in [1.82, 2.24) is 10.2 Å². The third-order valence-electron chi connectivity index (χ3n) is 2.25. The molecule has 0 bridgehead atoms. The highest BCUT2D eigenvalue weighted by molar-refractivity contribution is 9.10. The molecule has 1 heterocycles. The zero-order valence-electron chi connectivity index (χ0n) is 7.17. The van der Waals surface area contributed by atoms with E-state index in [2.05, 4.69) is 38.4 Å². The lowest BCUT2D eigenvalue weighted by atomic mass is 10.4. The van der Waals surface area contributed by atoms with Gasteiger partial charge in [0.1, 0.15) is 4.47 Å². The molecule has 0 aliphatic heterocycles. The Morgan fingerprint density at radius 1 is 1.77 bits per heavy atom. The Bertz CT molecular complexity index is 376. The molecule has 0 saturated heterocycles. The summed E-state index contributed by atoms with van der Waals surface area (Å²) < 4.78 is 0.529. The highest BCUT2D eigenvalue weighted by atomic mass is 79.9. The van der Waals surface area contributed by atoms with Crippen LogP contribution in [0.4, 0.5) is 5.69 Å². The number of aromatic nitrogens is 2. The van der Waals surface area contributed by atoms with Gasteiger partial charge in [-0.2, -0.15) is 5.10 Å². The van der Waals surface area contributed by atoms with E-state index in [0.29, 0.717) is 16.4 Å². The van der Waals surface area contributed by atoms with Crippen molar-refractivity contribution in [3.8, 4) is 0 Å². The number of anilines is 1. The smallest absolute Gasteiger partial charge is 0.280 e. The summed E-state index contributed by atoms with van der Waals surface area (Å²) in [7, 11) is 0. The molecule has 1 saturated carbocycles. The first-order valence-corrected chi connectivity index (χ1v) is 4.97. The molecular formula is C8H10BrN3O. The van der Waals surface area contributed by atoms with Crippen molar-refractivity contribution in [1.29, 1.82) is 0 Å². The second-order valence-electron chi connectivity index (χ2n) is 3.39. The number of H-pyrrole nitrogens is 1. The van der Waals surface area contributed by atoms with Gasteiger partial charge >= 0.3 is 0 Å². The molecule has 1 aliphatic rings. The van der Waals surface area contributed by atoms with Crippen molar-refractivity contribution >= 4 is 21.6 Å². The Labute approximate surface area is 83.9 Å². The third-order valence-corrected chi connectivity index (χ3v) is 3.03. The van der Waals surface area contributed by atoms with E-state index >= 15 is 0 Å². The first kappa shape index (κ1) is 8.74. The van der Waals surface area contributed by atoms with Crippen LogP contribution in [0.25, 0.3) is 0 Å². The van der Waals surface area contributed by atoms with E-state index in [4.69, 9.17) is 0 Å². The van der Waals surface area contributed by atoms with Gasteiger partial charge in [-0.3, -0.25) is 4.79 Å². The molecule has 70 valence electrons. The van der Waals surface area contributed by atoms with Crippen LogP contribution in [-0.2, 0) is 0 Å². The number of nitrogens with zero attached hydrogens (tertiary/aromatic N) is 1. The van der Waals surface area contributed by atoms with Crippen LogP contribution in [0.2, 0.25) is 0 Å². The van der Waals surface area contributed by atoms with Crippen LogP contribution in [0, 0.1) is 5.92 Å². The van der Waals surface area contributed by atoms with Gasteiger partial charge in [0, 0.05) is 6.04 Å². The molecule has 1 aromatic rings. The second kappa shape index (κ2) is 3.14. The number of hydrogen-bond donors (Lipinski definition) is 2. The van der Waals surface area contributed by atoms with Crippen LogP contribution in [0.1, 0.15) is 13.3 Å². The maximum Gasteiger partial charge on any atom is 0.280 e. The summed E-state index contributed by atoms with van der Waals surface area (Å²) in [6.45, 7) is 2.17. The van der Waals surface area contributed by atoms with Gasteiger partial charge in [0.15, 0.2) is 0 Å². The number of nitrogens with one attached hydrogen (secondary N) is 2. The van der Waals surface area contributed by atoms with Gasteiger partial charge in [-0.25, -0.2) is 5.10 Å². The first-order chi connectivity index (χ1) is 6.18. The van der Waals surface area contributed by atoms with Crippen LogP contribution in [-0.4, -0.2) is 16.2 Å². The number of halogens is 1. The van der Waals surface area contributed by atoms with Gasteiger partial charge in [-0.1, -0.05) is 6.92 Å². The van der Waals surface area contributed by atoms with Crippen molar-refractivity contribution in [2.45, 2.75) is 19.4 Å². The molecule has 0 aromatic carbocycles. The van der Waals surface area contributed by atoms with Gasteiger partial charge in [-0.05, 0) is 28.3 Å². The van der Waals surface area contributed by atoms with E-state index in [1.165, 1.54) is 6.42 Å². The van der Waals surface area contributed by atoms with Crippen molar-refractivity contribution < 1.29 is 0 Å². The SMILES string of the molecule is CC1CC1Nc1cn[nH]c(=O)c1Br. The Kier molecular flexibility index (Phi) is 2.11. The van der Waals surface area contributed by atoms with Crippen LogP contribution in [0.3, 0.4) is 0 Å². The zero-order chi connectivity index (χ0) is 9.42. The van der Waals surface area contributed by atoms with Crippen LogP contribution >= 0.6 is 15.9 Å². The van der Waals surface area contributed by atoms with E-state index in [1.54, 1.807) is 6.20 Å². The van der Waals surface area contributed by atoms with Gasteiger partial charge in [0.05, 0.1) is 11.9 Å². The maximum absolute atomic E-state index is 11.1. The quantitative estimate of drug-likeness (QED) is 0.825. The second-order valence-corrected chi connectivity index (χ2v) is 4.18. The Morgan fingerprint density at radius 2 is 2.46 bits per heavy atom. The molecule has 1 aliphatic carbocycles. The lowest BCUT2D eigenvalue weighted by molar-refractivity contribution is 0.917. The van der Waals surface area contributed by atoms with Crippen molar-refractivity contribution in [3.05, 3.63) is 21.0 Å². The maximum atomic E-state index is 11.1. The molecule has 4 nitrogen and oxygen atoms in total. The molecule has 0 spiro atoms. The van der Waals surface area contributed by atoms with Gasteiger partial charge < -0.3 is 5.32 Å². The summed E-state index contributed by atoms with van der Waals surface area (Å²) in [5.41, 5.74) is 0.580. The summed E-state index contributed by atoms with van der Waals surface area (Å²) >= 11 is 3.21. The Hall–Kier alpha value is -0.840.